The number of hydrogen-bond acceptors (Lipinski definition) is 4. The van der Waals surface area contributed by atoms with E-state index in [0.29, 0.717) is 17.4 Å². The maximum atomic E-state index is 12.8. The van der Waals surface area contributed by atoms with E-state index in [1.54, 1.807) is 24.3 Å². The Balaban J connectivity index is 1.80. The lowest BCUT2D eigenvalue weighted by Gasteiger charge is -2.29. The van der Waals surface area contributed by atoms with E-state index in [1.807, 2.05) is 0 Å². The molecule has 1 aliphatic carbocycles. The predicted octanol–water partition coefficient (Wildman–Crippen LogP) is 4.46. The Labute approximate surface area is 176 Å². The zero-order chi connectivity index (χ0) is 21.0. The first-order valence-electron chi connectivity index (χ1n) is 9.57. The van der Waals surface area contributed by atoms with Gasteiger partial charge < -0.3 is 10.1 Å². The fourth-order valence-electron chi connectivity index (χ4n) is 3.50. The zero-order valence-corrected chi connectivity index (χ0v) is 18.0. The molecule has 6 nitrogen and oxygen atoms in total. The van der Waals surface area contributed by atoms with E-state index >= 15 is 0 Å². The number of halogens is 1. The van der Waals surface area contributed by atoms with Gasteiger partial charge >= 0.3 is 0 Å². The molecule has 2 aromatic rings. The normalized spacial score (nSPS) is 19.4. The summed E-state index contributed by atoms with van der Waals surface area (Å²) in [6, 6.07) is 10.9. The third-order valence-electron chi connectivity index (χ3n) is 5.25. The Bertz CT molecular complexity index is 977. The van der Waals surface area contributed by atoms with Crippen LogP contribution in [0.3, 0.4) is 0 Å². The van der Waals surface area contributed by atoms with E-state index in [9.17, 15) is 13.2 Å². The van der Waals surface area contributed by atoms with Crippen LogP contribution in [-0.2, 0) is 10.0 Å². The van der Waals surface area contributed by atoms with Crippen molar-refractivity contribution in [2.24, 2.45) is 5.92 Å². The maximum absolute atomic E-state index is 12.8. The van der Waals surface area contributed by atoms with Crippen molar-refractivity contribution < 1.29 is 17.9 Å². The van der Waals surface area contributed by atoms with E-state index < -0.39 is 10.0 Å². The minimum atomic E-state index is -3.97. The van der Waals surface area contributed by atoms with E-state index in [0.717, 1.165) is 19.3 Å². The fraction of sp³-hybridized carbons (Fsp3) is 0.381. The summed E-state index contributed by atoms with van der Waals surface area (Å²) in [6.07, 6.45) is 4.27. The molecular weight excluding hydrogens is 412 g/mol. The average molecular weight is 437 g/mol. The first kappa shape index (κ1) is 21.5. The van der Waals surface area contributed by atoms with Crippen molar-refractivity contribution in [3.05, 3.63) is 53.1 Å². The molecule has 1 aliphatic rings. The minimum absolute atomic E-state index is 0.0496. The molecule has 0 bridgehead atoms. The topological polar surface area (TPSA) is 84.5 Å². The Morgan fingerprint density at radius 2 is 1.79 bits per heavy atom. The molecule has 0 aromatic heterocycles. The zero-order valence-electron chi connectivity index (χ0n) is 16.4. The third kappa shape index (κ3) is 5.22. The van der Waals surface area contributed by atoms with Gasteiger partial charge in [0.2, 0.25) is 0 Å². The number of benzene rings is 2. The number of ether oxygens (including phenoxy) is 1. The van der Waals surface area contributed by atoms with Crippen molar-refractivity contribution >= 4 is 33.2 Å². The lowest BCUT2D eigenvalue weighted by Crippen LogP contribution is -2.41. The molecular formula is C21H25ClN2O4S. The van der Waals surface area contributed by atoms with E-state index in [4.69, 9.17) is 16.3 Å². The van der Waals surface area contributed by atoms with Crippen molar-refractivity contribution in [1.82, 2.24) is 5.32 Å². The summed E-state index contributed by atoms with van der Waals surface area (Å²) in [4.78, 5) is 12.6. The number of sulfonamides is 1. The van der Waals surface area contributed by atoms with Gasteiger partial charge in [-0.05, 0) is 61.2 Å². The number of rotatable bonds is 6. The molecule has 0 radical (unpaired) electrons. The molecule has 3 rings (SSSR count). The van der Waals surface area contributed by atoms with E-state index in [2.05, 4.69) is 17.0 Å². The molecule has 1 fully saturated rings. The van der Waals surface area contributed by atoms with Crippen LogP contribution in [0.15, 0.2) is 47.4 Å². The average Bonchev–Trinajstić information content (AvgIpc) is 2.70. The van der Waals surface area contributed by atoms with Crippen LogP contribution in [0.4, 0.5) is 5.69 Å². The van der Waals surface area contributed by atoms with Gasteiger partial charge in [-0.15, -0.1) is 0 Å². The highest BCUT2D eigenvalue weighted by molar-refractivity contribution is 7.92. The molecule has 2 atom stereocenters. The molecule has 0 aliphatic heterocycles. The summed E-state index contributed by atoms with van der Waals surface area (Å²) in [7, 11) is -2.43. The molecule has 0 saturated heterocycles. The molecule has 0 spiro atoms. The van der Waals surface area contributed by atoms with Crippen LogP contribution in [-0.4, -0.2) is 27.5 Å². The summed E-state index contributed by atoms with van der Waals surface area (Å²) in [5.41, 5.74) is 0.634. The number of methoxy groups -OCH3 is 1. The van der Waals surface area contributed by atoms with E-state index in [-0.39, 0.29) is 27.4 Å². The Morgan fingerprint density at radius 1 is 1.10 bits per heavy atom. The van der Waals surface area contributed by atoms with E-state index in [1.165, 1.54) is 31.7 Å². The molecule has 2 aromatic carbocycles. The molecule has 2 N–H and O–H groups in total. The van der Waals surface area contributed by atoms with Crippen LogP contribution in [0.25, 0.3) is 0 Å². The van der Waals surface area contributed by atoms with Gasteiger partial charge in [0.1, 0.15) is 10.6 Å². The third-order valence-corrected chi connectivity index (χ3v) is 7.12. The highest BCUT2D eigenvalue weighted by atomic mass is 35.5. The summed E-state index contributed by atoms with van der Waals surface area (Å²) in [5, 5.41) is 3.08. The summed E-state index contributed by atoms with van der Waals surface area (Å²) in [6.45, 7) is 2.13. The van der Waals surface area contributed by atoms with Crippen molar-refractivity contribution in [3.8, 4) is 5.75 Å². The largest absolute Gasteiger partial charge is 0.497 e. The summed E-state index contributed by atoms with van der Waals surface area (Å²) < 4.78 is 33.2. The van der Waals surface area contributed by atoms with Gasteiger partial charge in [-0.25, -0.2) is 8.42 Å². The predicted molar refractivity (Wildman–Crippen MR) is 114 cm³/mol. The van der Waals surface area contributed by atoms with Gasteiger partial charge in [-0.3, -0.25) is 9.52 Å². The number of carbonyl (C=O) groups excluding carboxylic acids is 1. The number of anilines is 1. The van der Waals surface area contributed by atoms with Crippen molar-refractivity contribution in [3.63, 3.8) is 0 Å². The Hall–Kier alpha value is -2.25. The minimum Gasteiger partial charge on any atom is -0.497 e. The van der Waals surface area contributed by atoms with Crippen LogP contribution in [0.2, 0.25) is 5.02 Å². The molecule has 1 saturated carbocycles. The van der Waals surface area contributed by atoms with Crippen molar-refractivity contribution in [2.75, 3.05) is 11.8 Å². The van der Waals surface area contributed by atoms with Gasteiger partial charge in [0.25, 0.3) is 15.9 Å². The number of nitrogens with one attached hydrogen (secondary N) is 2. The SMILES string of the molecule is COc1ccc(NS(=O)(=O)c2cc(C(=O)NC3CCCCC3C)ccc2Cl)cc1. The standard InChI is InChI=1S/C21H25ClN2O4S/c1-14-5-3-4-6-19(14)23-21(25)15-7-12-18(22)20(13-15)29(26,27)24-16-8-10-17(28-2)11-9-16/h7-14,19,24H,3-6H2,1-2H3,(H,23,25). The van der Waals surface area contributed by atoms with Crippen LogP contribution in [0.5, 0.6) is 5.75 Å². The number of amides is 1. The Morgan fingerprint density at radius 3 is 2.45 bits per heavy atom. The van der Waals surface area contributed by atoms with Gasteiger partial charge in [-0.2, -0.15) is 0 Å². The molecule has 2 unspecified atom stereocenters. The smallest absolute Gasteiger partial charge is 0.263 e. The first-order chi connectivity index (χ1) is 13.8. The molecule has 29 heavy (non-hydrogen) atoms. The second kappa shape index (κ2) is 9.05. The van der Waals surface area contributed by atoms with Gasteiger partial charge in [0.15, 0.2) is 0 Å². The van der Waals surface area contributed by atoms with Gasteiger partial charge in [-0.1, -0.05) is 31.4 Å². The Kier molecular flexibility index (Phi) is 6.70. The molecule has 8 heteroatoms. The fourth-order valence-corrected chi connectivity index (χ4v) is 5.09. The highest BCUT2D eigenvalue weighted by Gasteiger charge is 2.25. The molecule has 1 amide bonds. The second-order valence-corrected chi connectivity index (χ2v) is 9.38. The lowest BCUT2D eigenvalue weighted by molar-refractivity contribution is 0.0910. The van der Waals surface area contributed by atoms with Crippen molar-refractivity contribution in [1.29, 1.82) is 0 Å². The lowest BCUT2D eigenvalue weighted by atomic mass is 9.86. The summed E-state index contributed by atoms with van der Waals surface area (Å²) in [5.74, 6) is 0.725. The highest BCUT2D eigenvalue weighted by Crippen LogP contribution is 2.27. The van der Waals surface area contributed by atoms with Crippen LogP contribution < -0.4 is 14.8 Å². The van der Waals surface area contributed by atoms with Crippen LogP contribution in [0.1, 0.15) is 43.0 Å². The first-order valence-corrected chi connectivity index (χ1v) is 11.4. The number of hydrogen-bond donors (Lipinski definition) is 2. The number of carbonyl (C=O) groups is 1. The maximum Gasteiger partial charge on any atom is 0.263 e. The molecule has 156 valence electrons. The van der Waals surface area contributed by atoms with Crippen LogP contribution >= 0.6 is 11.6 Å². The monoisotopic (exact) mass is 436 g/mol. The van der Waals surface area contributed by atoms with Gasteiger partial charge in [0.05, 0.1) is 12.1 Å². The second-order valence-electron chi connectivity index (χ2n) is 7.32. The van der Waals surface area contributed by atoms with Crippen molar-refractivity contribution in [2.45, 2.75) is 43.5 Å². The quantitative estimate of drug-likeness (QED) is 0.700. The molecule has 0 heterocycles. The van der Waals surface area contributed by atoms with Crippen LogP contribution in [0, 0.1) is 5.92 Å². The summed E-state index contributed by atoms with van der Waals surface area (Å²) >= 11 is 6.14. The van der Waals surface area contributed by atoms with Gasteiger partial charge in [0, 0.05) is 17.3 Å².